The molecule has 0 bridgehead atoms. The molecule has 0 heterocycles. The van der Waals surface area contributed by atoms with Gasteiger partial charge < -0.3 is 5.11 Å². The molecule has 0 saturated carbocycles. The summed E-state index contributed by atoms with van der Waals surface area (Å²) in [7, 11) is 0. The molecule has 2 aliphatic rings. The van der Waals surface area contributed by atoms with Crippen LogP contribution in [0.4, 0.5) is 0 Å². The van der Waals surface area contributed by atoms with E-state index >= 15 is 0 Å². The summed E-state index contributed by atoms with van der Waals surface area (Å²) in [4.78, 5) is 0. The predicted octanol–water partition coefficient (Wildman–Crippen LogP) is 5.42. The Morgan fingerprint density at radius 2 is 1.86 bits per heavy atom. The average molecular weight is 288 g/mol. The zero-order valence-corrected chi connectivity index (χ0v) is 14.4. The Labute approximate surface area is 130 Å². The lowest BCUT2D eigenvalue weighted by atomic mass is 9.67. The SMILES string of the molecule is C/C1=C\C[C@H](O)/C(C)=C/CC2=CCC(C(C)C)[C@]2(C)CC1. The molecule has 0 aliphatic heterocycles. The molecule has 21 heavy (non-hydrogen) atoms. The van der Waals surface area contributed by atoms with Crippen LogP contribution in [0.25, 0.3) is 0 Å². The van der Waals surface area contributed by atoms with E-state index in [2.05, 4.69) is 52.8 Å². The van der Waals surface area contributed by atoms with Crippen LogP contribution in [0.5, 0.6) is 0 Å². The highest BCUT2D eigenvalue weighted by molar-refractivity contribution is 5.27. The van der Waals surface area contributed by atoms with Crippen LogP contribution < -0.4 is 0 Å². The summed E-state index contributed by atoms with van der Waals surface area (Å²) in [5.74, 6) is 1.49. The lowest BCUT2D eigenvalue weighted by Gasteiger charge is -2.38. The van der Waals surface area contributed by atoms with E-state index in [4.69, 9.17) is 0 Å². The number of allylic oxidation sites excluding steroid dienone is 4. The van der Waals surface area contributed by atoms with Gasteiger partial charge in [0.25, 0.3) is 0 Å². The highest BCUT2D eigenvalue weighted by Crippen LogP contribution is 2.52. The second kappa shape index (κ2) is 6.52. The molecule has 0 fully saturated rings. The molecule has 0 aromatic rings. The maximum atomic E-state index is 10.2. The lowest BCUT2D eigenvalue weighted by molar-refractivity contribution is 0.183. The molecule has 118 valence electrons. The van der Waals surface area contributed by atoms with Crippen molar-refractivity contribution in [3.8, 4) is 0 Å². The molecule has 1 nitrogen and oxygen atoms in total. The van der Waals surface area contributed by atoms with E-state index < -0.39 is 0 Å². The fraction of sp³-hybridized carbons (Fsp3) is 0.700. The minimum atomic E-state index is -0.313. The zero-order chi connectivity index (χ0) is 15.6. The summed E-state index contributed by atoms with van der Waals surface area (Å²) in [6.07, 6.45) is 12.1. The Kier molecular flexibility index (Phi) is 5.14. The number of aliphatic hydroxyl groups excluding tert-OH is 1. The van der Waals surface area contributed by atoms with Crippen molar-refractivity contribution in [3.05, 3.63) is 34.9 Å². The molecule has 2 aliphatic carbocycles. The van der Waals surface area contributed by atoms with Gasteiger partial charge in [-0.2, -0.15) is 0 Å². The molecule has 1 unspecified atom stereocenters. The maximum Gasteiger partial charge on any atom is 0.0782 e. The first-order chi connectivity index (χ1) is 9.84. The third-order valence-electron chi connectivity index (χ3n) is 5.87. The largest absolute Gasteiger partial charge is 0.388 e. The second-order valence-corrected chi connectivity index (χ2v) is 7.69. The molecular formula is C20H32O. The van der Waals surface area contributed by atoms with Gasteiger partial charge in [-0.05, 0) is 68.8 Å². The topological polar surface area (TPSA) is 20.2 Å². The molecule has 1 N–H and O–H groups in total. The number of hydrogen-bond donors (Lipinski definition) is 1. The van der Waals surface area contributed by atoms with Gasteiger partial charge in [0.05, 0.1) is 6.10 Å². The van der Waals surface area contributed by atoms with Gasteiger partial charge in [-0.25, -0.2) is 0 Å². The summed E-state index contributed by atoms with van der Waals surface area (Å²) in [5, 5.41) is 10.2. The van der Waals surface area contributed by atoms with Crippen molar-refractivity contribution in [2.75, 3.05) is 0 Å². The van der Waals surface area contributed by atoms with E-state index in [1.807, 2.05) is 0 Å². The van der Waals surface area contributed by atoms with Gasteiger partial charge in [-0.3, -0.25) is 0 Å². The number of hydrogen-bond acceptors (Lipinski definition) is 1. The van der Waals surface area contributed by atoms with Gasteiger partial charge in [0.15, 0.2) is 0 Å². The van der Waals surface area contributed by atoms with Gasteiger partial charge in [0.1, 0.15) is 0 Å². The summed E-state index contributed by atoms with van der Waals surface area (Å²) >= 11 is 0. The minimum Gasteiger partial charge on any atom is -0.388 e. The Morgan fingerprint density at radius 3 is 2.52 bits per heavy atom. The number of fused-ring (bicyclic) bond motifs is 1. The molecular weight excluding hydrogens is 256 g/mol. The molecule has 0 radical (unpaired) electrons. The molecule has 0 spiro atoms. The van der Waals surface area contributed by atoms with Crippen molar-refractivity contribution in [1.82, 2.24) is 0 Å². The quantitative estimate of drug-likeness (QED) is 0.638. The molecule has 2 rings (SSSR count). The number of rotatable bonds is 1. The van der Waals surface area contributed by atoms with E-state index in [1.54, 1.807) is 5.57 Å². The third-order valence-corrected chi connectivity index (χ3v) is 5.87. The van der Waals surface area contributed by atoms with Crippen molar-refractivity contribution >= 4 is 0 Å². The van der Waals surface area contributed by atoms with Gasteiger partial charge in [0.2, 0.25) is 0 Å². The summed E-state index contributed by atoms with van der Waals surface area (Å²) in [6.45, 7) is 11.5. The van der Waals surface area contributed by atoms with Crippen LogP contribution in [0.15, 0.2) is 34.9 Å². The van der Waals surface area contributed by atoms with Crippen LogP contribution in [0.3, 0.4) is 0 Å². The lowest BCUT2D eigenvalue weighted by Crippen LogP contribution is -2.29. The van der Waals surface area contributed by atoms with Gasteiger partial charge in [-0.1, -0.05) is 50.1 Å². The van der Waals surface area contributed by atoms with E-state index in [0.29, 0.717) is 5.41 Å². The Hall–Kier alpha value is -0.820. The molecule has 3 atom stereocenters. The van der Waals surface area contributed by atoms with Crippen LogP contribution in [-0.2, 0) is 0 Å². The fourth-order valence-electron chi connectivity index (χ4n) is 4.14. The van der Waals surface area contributed by atoms with Crippen LogP contribution in [0.1, 0.15) is 66.7 Å². The molecule has 0 amide bonds. The van der Waals surface area contributed by atoms with Crippen LogP contribution in [0.2, 0.25) is 0 Å². The predicted molar refractivity (Wildman–Crippen MR) is 91.1 cm³/mol. The maximum absolute atomic E-state index is 10.2. The molecule has 0 aromatic carbocycles. The van der Waals surface area contributed by atoms with E-state index in [9.17, 15) is 5.11 Å². The van der Waals surface area contributed by atoms with Gasteiger partial charge in [-0.15, -0.1) is 0 Å². The average Bonchev–Trinajstić information content (AvgIpc) is 2.76. The third kappa shape index (κ3) is 3.51. The second-order valence-electron chi connectivity index (χ2n) is 7.69. The monoisotopic (exact) mass is 288 g/mol. The van der Waals surface area contributed by atoms with Crippen LogP contribution >= 0.6 is 0 Å². The van der Waals surface area contributed by atoms with Crippen molar-refractivity contribution < 1.29 is 5.11 Å². The molecule has 0 saturated heterocycles. The molecule has 1 heteroatoms. The Bertz CT molecular complexity index is 466. The van der Waals surface area contributed by atoms with Crippen LogP contribution in [-0.4, -0.2) is 11.2 Å². The summed E-state index contributed by atoms with van der Waals surface area (Å²) in [5.41, 5.74) is 4.48. The van der Waals surface area contributed by atoms with Crippen molar-refractivity contribution in [3.63, 3.8) is 0 Å². The smallest absolute Gasteiger partial charge is 0.0782 e. The standard InChI is InChI=1S/C20H32O/c1-14(2)18-10-9-17-8-7-16(4)19(21)11-6-15(3)12-13-20(17,18)5/h6-7,9,14,18-19,21H,8,10-13H2,1-5H3/b15-6+,16-7+/t18?,19-,20+/m0/s1. The normalized spacial score (nSPS) is 39.7. The van der Waals surface area contributed by atoms with Crippen molar-refractivity contribution in [2.24, 2.45) is 17.3 Å². The fourth-order valence-corrected chi connectivity index (χ4v) is 4.14. The first kappa shape index (κ1) is 16.5. The van der Waals surface area contributed by atoms with E-state index in [1.165, 1.54) is 18.4 Å². The van der Waals surface area contributed by atoms with Gasteiger partial charge in [0, 0.05) is 0 Å². The van der Waals surface area contributed by atoms with Gasteiger partial charge >= 0.3 is 0 Å². The highest BCUT2D eigenvalue weighted by Gasteiger charge is 2.41. The first-order valence-electron chi connectivity index (χ1n) is 8.54. The van der Waals surface area contributed by atoms with Crippen molar-refractivity contribution in [1.29, 1.82) is 0 Å². The highest BCUT2D eigenvalue weighted by atomic mass is 16.3. The van der Waals surface area contributed by atoms with E-state index in [0.717, 1.165) is 36.7 Å². The van der Waals surface area contributed by atoms with Crippen molar-refractivity contribution in [2.45, 2.75) is 72.8 Å². The zero-order valence-electron chi connectivity index (χ0n) is 14.4. The number of aliphatic hydroxyl groups is 1. The Balaban J connectivity index is 2.32. The van der Waals surface area contributed by atoms with E-state index in [-0.39, 0.29) is 6.10 Å². The first-order valence-corrected chi connectivity index (χ1v) is 8.54. The van der Waals surface area contributed by atoms with Crippen LogP contribution in [0, 0.1) is 17.3 Å². The summed E-state index contributed by atoms with van der Waals surface area (Å²) < 4.78 is 0. The Morgan fingerprint density at radius 1 is 1.14 bits per heavy atom. The molecule has 0 aromatic heterocycles. The summed E-state index contributed by atoms with van der Waals surface area (Å²) in [6, 6.07) is 0. The minimum absolute atomic E-state index is 0.313.